The summed E-state index contributed by atoms with van der Waals surface area (Å²) in [6.45, 7) is 0.757. The van der Waals surface area contributed by atoms with Crippen molar-refractivity contribution in [1.82, 2.24) is 9.97 Å². The molecule has 1 aromatic rings. The molecule has 0 aromatic carbocycles. The van der Waals surface area contributed by atoms with Gasteiger partial charge in [0.05, 0.1) is 6.10 Å². The average molecular weight is 243 g/mol. The van der Waals surface area contributed by atoms with Gasteiger partial charge in [-0.1, -0.05) is 11.6 Å². The predicted octanol–water partition coefficient (Wildman–Crippen LogP) is 1.29. The Kier molecular flexibility index (Phi) is 3.46. The molecule has 4 N–H and O–H groups in total. The SMILES string of the molecule is Nc1ncnc(NCC2CCC(O)C2)c1Cl. The lowest BCUT2D eigenvalue weighted by Crippen LogP contribution is -2.14. The maximum Gasteiger partial charge on any atom is 0.150 e. The van der Waals surface area contributed by atoms with E-state index in [1.165, 1.54) is 6.33 Å². The minimum atomic E-state index is -0.155. The fourth-order valence-corrected chi connectivity index (χ4v) is 2.15. The highest BCUT2D eigenvalue weighted by Gasteiger charge is 2.22. The van der Waals surface area contributed by atoms with Gasteiger partial charge in [0.25, 0.3) is 0 Å². The molecule has 1 heterocycles. The molecule has 2 unspecified atom stereocenters. The van der Waals surface area contributed by atoms with Gasteiger partial charge in [-0.15, -0.1) is 0 Å². The van der Waals surface area contributed by atoms with E-state index in [1.807, 2.05) is 0 Å². The molecule has 1 aromatic heterocycles. The molecule has 2 atom stereocenters. The van der Waals surface area contributed by atoms with Gasteiger partial charge in [0.2, 0.25) is 0 Å². The number of anilines is 2. The maximum absolute atomic E-state index is 9.40. The summed E-state index contributed by atoms with van der Waals surface area (Å²) >= 11 is 5.95. The van der Waals surface area contributed by atoms with Crippen LogP contribution in [0.1, 0.15) is 19.3 Å². The molecule has 16 heavy (non-hydrogen) atoms. The Morgan fingerprint density at radius 1 is 1.50 bits per heavy atom. The van der Waals surface area contributed by atoms with Crippen molar-refractivity contribution in [3.05, 3.63) is 11.3 Å². The molecule has 0 amide bonds. The summed E-state index contributed by atoms with van der Waals surface area (Å²) < 4.78 is 0. The lowest BCUT2D eigenvalue weighted by Gasteiger charge is -2.12. The third-order valence-corrected chi connectivity index (χ3v) is 3.26. The van der Waals surface area contributed by atoms with Gasteiger partial charge in [-0.05, 0) is 25.2 Å². The zero-order valence-corrected chi connectivity index (χ0v) is 9.61. The van der Waals surface area contributed by atoms with Crippen LogP contribution in [0.25, 0.3) is 0 Å². The Morgan fingerprint density at radius 3 is 3.00 bits per heavy atom. The number of nitrogens with two attached hydrogens (primary N) is 1. The molecule has 1 aliphatic rings. The fraction of sp³-hybridized carbons (Fsp3) is 0.600. The number of nitrogens with one attached hydrogen (secondary N) is 1. The number of halogens is 1. The molecule has 0 aliphatic heterocycles. The van der Waals surface area contributed by atoms with Crippen LogP contribution in [-0.2, 0) is 0 Å². The van der Waals surface area contributed by atoms with E-state index in [0.717, 1.165) is 25.8 Å². The van der Waals surface area contributed by atoms with Crippen LogP contribution in [0.4, 0.5) is 11.6 Å². The Balaban J connectivity index is 1.92. The van der Waals surface area contributed by atoms with Crippen LogP contribution in [0.2, 0.25) is 5.02 Å². The third kappa shape index (κ3) is 2.54. The second kappa shape index (κ2) is 4.84. The summed E-state index contributed by atoms with van der Waals surface area (Å²) in [4.78, 5) is 7.81. The number of hydrogen-bond donors (Lipinski definition) is 3. The van der Waals surface area contributed by atoms with Gasteiger partial charge in [-0.3, -0.25) is 0 Å². The highest BCUT2D eigenvalue weighted by Crippen LogP contribution is 2.27. The van der Waals surface area contributed by atoms with Crippen LogP contribution in [0.3, 0.4) is 0 Å². The van der Waals surface area contributed by atoms with Crippen molar-refractivity contribution in [2.45, 2.75) is 25.4 Å². The van der Waals surface area contributed by atoms with E-state index in [2.05, 4.69) is 15.3 Å². The summed E-state index contributed by atoms with van der Waals surface area (Å²) in [6.07, 6.45) is 3.98. The van der Waals surface area contributed by atoms with Gasteiger partial charge >= 0.3 is 0 Å². The largest absolute Gasteiger partial charge is 0.393 e. The van der Waals surface area contributed by atoms with Gasteiger partial charge in [0, 0.05) is 6.54 Å². The number of aliphatic hydroxyl groups is 1. The molecule has 0 bridgehead atoms. The van der Waals surface area contributed by atoms with Crippen LogP contribution in [0.15, 0.2) is 6.33 Å². The number of rotatable bonds is 3. The van der Waals surface area contributed by atoms with E-state index in [4.69, 9.17) is 17.3 Å². The number of hydrogen-bond acceptors (Lipinski definition) is 5. The summed E-state index contributed by atoms with van der Waals surface area (Å²) in [5.41, 5.74) is 5.56. The molecule has 88 valence electrons. The normalized spacial score (nSPS) is 24.6. The molecule has 0 radical (unpaired) electrons. The second-order valence-corrected chi connectivity index (χ2v) is 4.51. The molecule has 6 heteroatoms. The van der Waals surface area contributed by atoms with Gasteiger partial charge in [0.15, 0.2) is 0 Å². The first-order valence-corrected chi connectivity index (χ1v) is 5.72. The van der Waals surface area contributed by atoms with Crippen LogP contribution in [0, 0.1) is 5.92 Å². The molecule has 1 saturated carbocycles. The van der Waals surface area contributed by atoms with Crippen molar-refractivity contribution in [3.63, 3.8) is 0 Å². The summed E-state index contributed by atoms with van der Waals surface area (Å²) in [7, 11) is 0. The van der Waals surface area contributed by atoms with Crippen molar-refractivity contribution < 1.29 is 5.11 Å². The maximum atomic E-state index is 9.40. The molecule has 2 rings (SSSR count). The first-order valence-electron chi connectivity index (χ1n) is 5.34. The lowest BCUT2D eigenvalue weighted by atomic mass is 10.1. The average Bonchev–Trinajstić information content (AvgIpc) is 2.67. The first kappa shape index (κ1) is 11.4. The van der Waals surface area contributed by atoms with Gasteiger partial charge < -0.3 is 16.2 Å². The van der Waals surface area contributed by atoms with Gasteiger partial charge in [-0.25, -0.2) is 9.97 Å². The fourth-order valence-electron chi connectivity index (χ4n) is 1.98. The predicted molar refractivity (Wildman–Crippen MR) is 63.3 cm³/mol. The monoisotopic (exact) mass is 242 g/mol. The number of aromatic nitrogens is 2. The Bertz CT molecular complexity index is 374. The van der Waals surface area contributed by atoms with Crippen molar-refractivity contribution >= 4 is 23.2 Å². The quantitative estimate of drug-likeness (QED) is 0.744. The highest BCUT2D eigenvalue weighted by molar-refractivity contribution is 6.35. The summed E-state index contributed by atoms with van der Waals surface area (Å²) in [5.74, 6) is 1.32. The first-order chi connectivity index (χ1) is 7.66. The topological polar surface area (TPSA) is 84.1 Å². The molecule has 0 spiro atoms. The van der Waals surface area contributed by atoms with E-state index >= 15 is 0 Å². The molecular weight excluding hydrogens is 228 g/mol. The third-order valence-electron chi connectivity index (χ3n) is 2.89. The summed E-state index contributed by atoms with van der Waals surface area (Å²) in [6, 6.07) is 0. The van der Waals surface area contributed by atoms with E-state index in [9.17, 15) is 5.11 Å². The second-order valence-electron chi connectivity index (χ2n) is 4.14. The number of nitrogens with zero attached hydrogens (tertiary/aromatic N) is 2. The number of nitrogen functional groups attached to an aromatic ring is 1. The van der Waals surface area contributed by atoms with Gasteiger partial charge in [-0.2, -0.15) is 0 Å². The Labute approximate surface area is 99.0 Å². The minimum Gasteiger partial charge on any atom is -0.393 e. The standard InChI is InChI=1S/C10H15ClN4O/c11-8-9(12)14-5-15-10(8)13-4-6-1-2-7(16)3-6/h5-7,16H,1-4H2,(H3,12,13,14,15). The summed E-state index contributed by atoms with van der Waals surface area (Å²) in [5, 5.41) is 12.9. The molecule has 5 nitrogen and oxygen atoms in total. The zero-order valence-electron chi connectivity index (χ0n) is 8.86. The molecular formula is C10H15ClN4O. The molecule has 1 fully saturated rings. The van der Waals surface area contributed by atoms with E-state index in [0.29, 0.717) is 16.8 Å². The van der Waals surface area contributed by atoms with Crippen LogP contribution >= 0.6 is 11.6 Å². The van der Waals surface area contributed by atoms with E-state index in [-0.39, 0.29) is 11.9 Å². The van der Waals surface area contributed by atoms with Crippen molar-refractivity contribution in [2.75, 3.05) is 17.6 Å². The lowest BCUT2D eigenvalue weighted by molar-refractivity contribution is 0.178. The highest BCUT2D eigenvalue weighted by atomic mass is 35.5. The molecule has 1 aliphatic carbocycles. The van der Waals surface area contributed by atoms with Gasteiger partial charge in [0.1, 0.15) is 23.0 Å². The Hall–Kier alpha value is -1.07. The Morgan fingerprint density at radius 2 is 2.31 bits per heavy atom. The van der Waals surface area contributed by atoms with Crippen molar-refractivity contribution in [1.29, 1.82) is 0 Å². The van der Waals surface area contributed by atoms with Crippen LogP contribution in [0.5, 0.6) is 0 Å². The molecule has 0 saturated heterocycles. The van der Waals surface area contributed by atoms with Crippen LogP contribution < -0.4 is 11.1 Å². The zero-order chi connectivity index (χ0) is 11.5. The minimum absolute atomic E-state index is 0.155. The number of aliphatic hydroxyl groups excluding tert-OH is 1. The van der Waals surface area contributed by atoms with Crippen molar-refractivity contribution in [3.8, 4) is 0 Å². The smallest absolute Gasteiger partial charge is 0.150 e. The van der Waals surface area contributed by atoms with E-state index < -0.39 is 0 Å². The van der Waals surface area contributed by atoms with E-state index in [1.54, 1.807) is 0 Å². The van der Waals surface area contributed by atoms with Crippen LogP contribution in [-0.4, -0.2) is 27.7 Å². The van der Waals surface area contributed by atoms with Crippen molar-refractivity contribution in [2.24, 2.45) is 5.92 Å².